The molecule has 1 atom stereocenters. The fourth-order valence-corrected chi connectivity index (χ4v) is 3.27. The normalized spacial score (nSPS) is 25.0. The highest BCUT2D eigenvalue weighted by molar-refractivity contribution is 9.09. The average molecular weight is 332 g/mol. The number of alkyl halides is 1. The summed E-state index contributed by atoms with van der Waals surface area (Å²) in [7, 11) is 0. The van der Waals surface area contributed by atoms with Gasteiger partial charge in [0.25, 0.3) is 0 Å². The topological polar surface area (TPSA) is 29.1 Å². The van der Waals surface area contributed by atoms with E-state index in [0.717, 1.165) is 38.1 Å². The zero-order chi connectivity index (χ0) is 14.1. The molecule has 1 fully saturated rings. The van der Waals surface area contributed by atoms with Crippen molar-refractivity contribution in [2.75, 3.05) is 6.54 Å². The summed E-state index contributed by atoms with van der Waals surface area (Å²) in [6, 6.07) is 0. The summed E-state index contributed by atoms with van der Waals surface area (Å²) in [5.74, 6) is 1.48. The van der Waals surface area contributed by atoms with Gasteiger partial charge in [0.05, 0.1) is 0 Å². The van der Waals surface area contributed by atoms with E-state index in [2.05, 4.69) is 35.1 Å². The average Bonchev–Trinajstić information content (AvgIpc) is 2.41. The predicted molar refractivity (Wildman–Crippen MR) is 85.6 cm³/mol. The van der Waals surface area contributed by atoms with Crippen molar-refractivity contribution in [2.24, 2.45) is 11.8 Å². The van der Waals surface area contributed by atoms with Gasteiger partial charge in [-0.25, -0.2) is 0 Å². The smallest absolute Gasteiger partial charge is 0.223 e. The molecule has 0 saturated heterocycles. The molecule has 1 unspecified atom stereocenters. The van der Waals surface area contributed by atoms with Crippen LogP contribution in [0.15, 0.2) is 0 Å². The van der Waals surface area contributed by atoms with Crippen LogP contribution >= 0.6 is 15.9 Å². The first-order valence-corrected chi connectivity index (χ1v) is 8.96. The third kappa shape index (κ3) is 7.34. The van der Waals surface area contributed by atoms with Crippen LogP contribution in [0, 0.1) is 11.8 Å². The number of hydrogen-bond donors (Lipinski definition) is 1. The quantitative estimate of drug-likeness (QED) is 0.508. The second-order valence-corrected chi connectivity index (χ2v) is 7.64. The Kier molecular flexibility index (Phi) is 8.76. The van der Waals surface area contributed by atoms with E-state index < -0.39 is 0 Å². The fourth-order valence-electron chi connectivity index (χ4n) is 2.95. The summed E-state index contributed by atoms with van der Waals surface area (Å²) < 4.78 is 0. The number of unbranched alkanes of at least 4 members (excludes halogenated alkanes) is 1. The van der Waals surface area contributed by atoms with Gasteiger partial charge in [-0.15, -0.1) is 0 Å². The van der Waals surface area contributed by atoms with E-state index in [9.17, 15) is 4.79 Å². The maximum Gasteiger partial charge on any atom is 0.223 e. The molecule has 1 amide bonds. The van der Waals surface area contributed by atoms with Gasteiger partial charge in [-0.3, -0.25) is 4.79 Å². The summed E-state index contributed by atoms with van der Waals surface area (Å²) in [6.45, 7) is 5.25. The minimum atomic E-state index is 0.291. The zero-order valence-corrected chi connectivity index (χ0v) is 14.2. The molecule has 0 radical (unpaired) electrons. The lowest BCUT2D eigenvalue weighted by Gasteiger charge is -2.27. The highest BCUT2D eigenvalue weighted by Crippen LogP contribution is 2.31. The SMILES string of the molecule is CCCCC1CCC(C(=O)NCCCC(C)Br)CC1. The van der Waals surface area contributed by atoms with Crippen molar-refractivity contribution in [2.45, 2.75) is 76.5 Å². The van der Waals surface area contributed by atoms with Crippen molar-refractivity contribution >= 4 is 21.8 Å². The van der Waals surface area contributed by atoms with Gasteiger partial charge in [-0.05, 0) is 44.4 Å². The van der Waals surface area contributed by atoms with E-state index in [0.29, 0.717) is 16.7 Å². The monoisotopic (exact) mass is 331 g/mol. The molecule has 1 saturated carbocycles. The first-order chi connectivity index (χ1) is 9.13. The van der Waals surface area contributed by atoms with Crippen molar-refractivity contribution in [1.29, 1.82) is 0 Å². The van der Waals surface area contributed by atoms with Crippen LogP contribution in [0.1, 0.15) is 71.6 Å². The predicted octanol–water partition coefficient (Wildman–Crippen LogP) is 4.66. The minimum Gasteiger partial charge on any atom is -0.356 e. The van der Waals surface area contributed by atoms with Gasteiger partial charge in [0.1, 0.15) is 0 Å². The van der Waals surface area contributed by atoms with Gasteiger partial charge in [0.15, 0.2) is 0 Å². The Bertz CT molecular complexity index is 247. The maximum atomic E-state index is 12.0. The van der Waals surface area contributed by atoms with Crippen LogP contribution in [0.4, 0.5) is 0 Å². The van der Waals surface area contributed by atoms with Crippen LogP contribution in [0.2, 0.25) is 0 Å². The highest BCUT2D eigenvalue weighted by Gasteiger charge is 2.25. The van der Waals surface area contributed by atoms with E-state index in [1.165, 1.54) is 32.1 Å². The van der Waals surface area contributed by atoms with Gasteiger partial charge in [-0.1, -0.05) is 49.0 Å². The van der Waals surface area contributed by atoms with Crippen LogP contribution in [-0.2, 0) is 4.79 Å². The third-order valence-electron chi connectivity index (χ3n) is 4.26. The molecule has 0 bridgehead atoms. The number of amides is 1. The lowest BCUT2D eigenvalue weighted by atomic mass is 9.79. The molecule has 0 aromatic rings. The molecule has 1 aliphatic carbocycles. The summed E-state index contributed by atoms with van der Waals surface area (Å²) in [5, 5.41) is 3.11. The lowest BCUT2D eigenvalue weighted by Crippen LogP contribution is -2.33. The third-order valence-corrected chi connectivity index (χ3v) is 4.72. The van der Waals surface area contributed by atoms with E-state index in [4.69, 9.17) is 0 Å². The van der Waals surface area contributed by atoms with Crippen LogP contribution in [0.5, 0.6) is 0 Å². The second kappa shape index (κ2) is 9.79. The number of carbonyl (C=O) groups excluding carboxylic acids is 1. The maximum absolute atomic E-state index is 12.0. The summed E-state index contributed by atoms with van der Waals surface area (Å²) >= 11 is 3.53. The summed E-state index contributed by atoms with van der Waals surface area (Å²) in [4.78, 5) is 12.6. The van der Waals surface area contributed by atoms with E-state index in [-0.39, 0.29) is 0 Å². The fraction of sp³-hybridized carbons (Fsp3) is 0.938. The van der Waals surface area contributed by atoms with Gasteiger partial charge >= 0.3 is 0 Å². The number of hydrogen-bond acceptors (Lipinski definition) is 1. The number of halogens is 1. The van der Waals surface area contributed by atoms with Gasteiger partial charge in [0, 0.05) is 17.3 Å². The zero-order valence-electron chi connectivity index (χ0n) is 12.6. The van der Waals surface area contributed by atoms with E-state index in [1.807, 2.05) is 0 Å². The van der Waals surface area contributed by atoms with Gasteiger partial charge in [0.2, 0.25) is 5.91 Å². The number of rotatable bonds is 8. The Balaban J connectivity index is 2.11. The Labute approximate surface area is 127 Å². The Morgan fingerprint density at radius 3 is 2.53 bits per heavy atom. The van der Waals surface area contributed by atoms with Crippen molar-refractivity contribution in [1.82, 2.24) is 5.32 Å². The molecule has 2 nitrogen and oxygen atoms in total. The van der Waals surface area contributed by atoms with Crippen LogP contribution in [0.25, 0.3) is 0 Å². The molecule has 1 N–H and O–H groups in total. The minimum absolute atomic E-state index is 0.291. The molecule has 0 spiro atoms. The van der Waals surface area contributed by atoms with E-state index >= 15 is 0 Å². The second-order valence-electron chi connectivity index (χ2n) is 6.07. The van der Waals surface area contributed by atoms with E-state index in [1.54, 1.807) is 0 Å². The summed E-state index contributed by atoms with van der Waals surface area (Å²) in [6.07, 6.45) is 11.0. The largest absolute Gasteiger partial charge is 0.356 e. The van der Waals surface area contributed by atoms with Crippen molar-refractivity contribution in [3.63, 3.8) is 0 Å². The molecule has 0 aromatic heterocycles. The van der Waals surface area contributed by atoms with Crippen molar-refractivity contribution in [3.05, 3.63) is 0 Å². The van der Waals surface area contributed by atoms with Crippen LogP contribution < -0.4 is 5.32 Å². The number of carbonyl (C=O) groups is 1. The molecular weight excluding hydrogens is 302 g/mol. The molecule has 3 heteroatoms. The Morgan fingerprint density at radius 2 is 1.95 bits per heavy atom. The molecule has 1 rings (SSSR count). The Hall–Kier alpha value is -0.0500. The first-order valence-electron chi connectivity index (χ1n) is 8.05. The van der Waals surface area contributed by atoms with Crippen molar-refractivity contribution in [3.8, 4) is 0 Å². The molecule has 19 heavy (non-hydrogen) atoms. The molecule has 112 valence electrons. The standard InChI is InChI=1S/C16H30BrNO/c1-3-4-7-14-8-10-15(11-9-14)16(19)18-12-5-6-13(2)17/h13-15H,3-12H2,1-2H3,(H,18,19). The molecule has 0 heterocycles. The molecular formula is C16H30BrNO. The molecule has 1 aliphatic rings. The van der Waals surface area contributed by atoms with Crippen molar-refractivity contribution < 1.29 is 4.79 Å². The molecule has 0 aliphatic heterocycles. The van der Waals surface area contributed by atoms with Crippen LogP contribution in [0.3, 0.4) is 0 Å². The number of nitrogens with one attached hydrogen (secondary N) is 1. The first kappa shape index (κ1) is 17.0. The Morgan fingerprint density at radius 1 is 1.26 bits per heavy atom. The lowest BCUT2D eigenvalue weighted by molar-refractivity contribution is -0.126. The van der Waals surface area contributed by atoms with Crippen LogP contribution in [-0.4, -0.2) is 17.3 Å². The van der Waals surface area contributed by atoms with Gasteiger partial charge in [-0.2, -0.15) is 0 Å². The molecule has 0 aromatic carbocycles. The van der Waals surface area contributed by atoms with Gasteiger partial charge < -0.3 is 5.32 Å². The highest BCUT2D eigenvalue weighted by atomic mass is 79.9. The summed E-state index contributed by atoms with van der Waals surface area (Å²) in [5.41, 5.74) is 0.